The number of nitrogens with zero attached hydrogens (tertiary/aromatic N) is 1. The van der Waals surface area contributed by atoms with Crippen molar-refractivity contribution in [3.8, 4) is 0 Å². The maximum absolute atomic E-state index is 14.2. The number of aromatic amines is 2. The number of hydrogen-bond acceptors (Lipinski definition) is 10. The van der Waals surface area contributed by atoms with Gasteiger partial charge in [-0.15, -0.1) is 0 Å². The van der Waals surface area contributed by atoms with Gasteiger partial charge in [-0.3, -0.25) is 38.4 Å². The van der Waals surface area contributed by atoms with Crippen molar-refractivity contribution < 1.29 is 53.4 Å². The Morgan fingerprint density at radius 2 is 1.13 bits per heavy atom. The van der Waals surface area contributed by atoms with Crippen molar-refractivity contribution in [3.63, 3.8) is 0 Å². The normalized spacial score (nSPS) is 15.1. The number of carbonyl (C=O) groups excluding carboxylic acids is 7. The average molecular weight is 921 g/mol. The van der Waals surface area contributed by atoms with Gasteiger partial charge in [0.25, 0.3) is 0 Å². The third-order valence-corrected chi connectivity index (χ3v) is 11.2. The van der Waals surface area contributed by atoms with Gasteiger partial charge in [0.15, 0.2) is 0 Å². The third kappa shape index (κ3) is 13.3. The first kappa shape index (κ1) is 48.4. The maximum atomic E-state index is 14.2. The largest absolute Gasteiger partial charge is 0.481 e. The first-order chi connectivity index (χ1) is 32.2. The fourth-order valence-corrected chi connectivity index (χ4v) is 7.85. The SMILES string of the molecule is N[C@@H](Cc1c[nH]c2ccccc12)C(=O)NCC(=O)NCC(=O)NCC(=O)N[C@@H](Cc1c[nH]c2ccccc12)C(=O)N[C@@H](Cc1ccccc1)C(=O)N[C@@H](CC(=O)O)C(=O)N1CCC[C@H]1C(=O)O. The molecule has 5 atom stereocenters. The number of nitrogens with one attached hydrogen (secondary N) is 8. The summed E-state index contributed by atoms with van der Waals surface area (Å²) >= 11 is 0. The van der Waals surface area contributed by atoms with E-state index in [1.54, 1.807) is 60.9 Å². The van der Waals surface area contributed by atoms with Crippen LogP contribution in [0.1, 0.15) is 36.0 Å². The Balaban J connectivity index is 1.08. The number of hydrogen-bond donors (Lipinski definition) is 11. The Bertz CT molecular complexity index is 2630. The number of rotatable bonds is 22. The van der Waals surface area contributed by atoms with Gasteiger partial charge in [0, 0.05) is 53.6 Å². The highest BCUT2D eigenvalue weighted by Gasteiger charge is 2.39. The van der Waals surface area contributed by atoms with Gasteiger partial charge in [-0.1, -0.05) is 66.7 Å². The molecule has 0 aliphatic carbocycles. The molecule has 12 N–H and O–H groups in total. The fourth-order valence-electron chi connectivity index (χ4n) is 7.85. The van der Waals surface area contributed by atoms with Gasteiger partial charge < -0.3 is 62.7 Å². The number of aliphatic carboxylic acids is 2. The van der Waals surface area contributed by atoms with Crippen LogP contribution in [0, 0.1) is 0 Å². The summed E-state index contributed by atoms with van der Waals surface area (Å²) in [6.45, 7) is -1.62. The van der Waals surface area contributed by atoms with E-state index in [0.29, 0.717) is 17.5 Å². The van der Waals surface area contributed by atoms with Crippen molar-refractivity contribution in [1.29, 1.82) is 0 Å². The second-order valence-electron chi connectivity index (χ2n) is 16.1. The quantitative estimate of drug-likeness (QED) is 0.0413. The van der Waals surface area contributed by atoms with Crippen LogP contribution in [0.4, 0.5) is 0 Å². The van der Waals surface area contributed by atoms with Gasteiger partial charge in [0.1, 0.15) is 24.2 Å². The molecule has 21 heteroatoms. The third-order valence-electron chi connectivity index (χ3n) is 11.2. The molecule has 1 fully saturated rings. The number of benzene rings is 3. The van der Waals surface area contributed by atoms with E-state index < -0.39 is 110 Å². The summed E-state index contributed by atoms with van der Waals surface area (Å²) in [5, 5.41) is 35.8. The van der Waals surface area contributed by atoms with Crippen LogP contribution in [0.5, 0.6) is 0 Å². The van der Waals surface area contributed by atoms with Crippen molar-refractivity contribution in [2.75, 3.05) is 26.2 Å². The lowest BCUT2D eigenvalue weighted by atomic mass is 10.0. The summed E-state index contributed by atoms with van der Waals surface area (Å²) in [6, 6.07) is 16.6. The number of amides is 7. The van der Waals surface area contributed by atoms with Crippen LogP contribution in [0.25, 0.3) is 21.8 Å². The number of fused-ring (bicyclic) bond motifs is 2. The molecule has 67 heavy (non-hydrogen) atoms. The van der Waals surface area contributed by atoms with E-state index in [-0.39, 0.29) is 32.2 Å². The second kappa shape index (κ2) is 22.7. The molecule has 2 aromatic heterocycles. The monoisotopic (exact) mass is 920 g/mol. The molecule has 1 aliphatic rings. The molecule has 3 aromatic carbocycles. The van der Waals surface area contributed by atoms with Gasteiger partial charge in [0.2, 0.25) is 41.4 Å². The molecule has 0 unspecified atom stereocenters. The minimum Gasteiger partial charge on any atom is -0.481 e. The molecule has 352 valence electrons. The van der Waals surface area contributed by atoms with Crippen LogP contribution in [0.3, 0.4) is 0 Å². The molecule has 0 spiro atoms. The molecule has 1 saturated heterocycles. The molecule has 3 heterocycles. The van der Waals surface area contributed by atoms with E-state index in [4.69, 9.17) is 5.73 Å². The standard InChI is InChI=1S/C46H52N10O11/c47-31(18-27-21-48-32-13-6-4-11-29(27)32)42(62)52-24-39(58)50-23-38(57)51-25-40(59)53-35(19-28-22-49-33-14-7-5-12-30(28)33)44(64)54-34(17-26-9-2-1-3-10-26)43(63)55-36(20-41(60)61)45(65)56-16-8-15-37(56)46(66)67/h1-7,9-14,21-22,31,34-37,48-49H,8,15-20,23-25,47H2,(H,50,58)(H,51,57)(H,52,62)(H,53,59)(H,54,64)(H,55,63)(H,60,61)(H,66,67)/t31-,34-,35-,36-,37-/m0/s1. The average Bonchev–Trinajstić information content (AvgIpc) is 4.08. The highest BCUT2D eigenvalue weighted by atomic mass is 16.4. The Labute approximate surface area is 383 Å². The van der Waals surface area contributed by atoms with Crippen LogP contribution in [-0.4, -0.2) is 135 Å². The van der Waals surface area contributed by atoms with E-state index in [1.165, 1.54) is 0 Å². The molecule has 0 saturated carbocycles. The number of aromatic nitrogens is 2. The van der Waals surface area contributed by atoms with E-state index >= 15 is 0 Å². The summed E-state index contributed by atoms with van der Waals surface area (Å²) in [5.41, 5.74) is 9.73. The summed E-state index contributed by atoms with van der Waals surface area (Å²) < 4.78 is 0. The first-order valence-corrected chi connectivity index (χ1v) is 21.5. The summed E-state index contributed by atoms with van der Waals surface area (Å²) in [6.07, 6.45) is 3.03. The van der Waals surface area contributed by atoms with Gasteiger partial charge in [-0.05, 0) is 48.1 Å². The zero-order valence-electron chi connectivity index (χ0n) is 36.2. The van der Waals surface area contributed by atoms with Crippen molar-refractivity contribution in [1.82, 2.24) is 46.8 Å². The van der Waals surface area contributed by atoms with Crippen LogP contribution in [0.2, 0.25) is 0 Å². The molecular formula is C46H52N10O11. The Morgan fingerprint density at radius 1 is 0.612 bits per heavy atom. The molecule has 7 amide bonds. The smallest absolute Gasteiger partial charge is 0.326 e. The zero-order chi connectivity index (χ0) is 48.0. The lowest BCUT2D eigenvalue weighted by molar-refractivity contribution is -0.150. The summed E-state index contributed by atoms with van der Waals surface area (Å²) in [4.78, 5) is 124. The van der Waals surface area contributed by atoms with Crippen LogP contribution in [-0.2, 0) is 62.4 Å². The molecular weight excluding hydrogens is 869 g/mol. The Kier molecular flexibility index (Phi) is 16.4. The number of para-hydroxylation sites is 2. The van der Waals surface area contributed by atoms with Gasteiger partial charge in [-0.2, -0.15) is 0 Å². The maximum Gasteiger partial charge on any atom is 0.326 e. The number of carboxylic acid groups (broad SMARTS) is 2. The lowest BCUT2D eigenvalue weighted by Gasteiger charge is -2.28. The Hall–Kier alpha value is -8.07. The predicted octanol–water partition coefficient (Wildman–Crippen LogP) is -0.642. The van der Waals surface area contributed by atoms with Crippen LogP contribution >= 0.6 is 0 Å². The highest BCUT2D eigenvalue weighted by Crippen LogP contribution is 2.22. The predicted molar refractivity (Wildman–Crippen MR) is 242 cm³/mol. The van der Waals surface area contributed by atoms with Crippen molar-refractivity contribution in [2.45, 2.75) is 68.7 Å². The minimum atomic E-state index is -1.67. The van der Waals surface area contributed by atoms with Gasteiger partial charge in [-0.25, -0.2) is 4.79 Å². The summed E-state index contributed by atoms with van der Waals surface area (Å²) in [7, 11) is 0. The molecule has 6 rings (SSSR count). The summed E-state index contributed by atoms with van der Waals surface area (Å²) in [5.74, 6) is -8.25. The molecule has 1 aliphatic heterocycles. The molecule has 21 nitrogen and oxygen atoms in total. The van der Waals surface area contributed by atoms with Gasteiger partial charge >= 0.3 is 11.9 Å². The van der Waals surface area contributed by atoms with Crippen molar-refractivity contribution >= 4 is 75.1 Å². The molecule has 0 bridgehead atoms. The van der Waals surface area contributed by atoms with Crippen LogP contribution < -0.4 is 37.6 Å². The fraction of sp³-hybridized carbons (Fsp3) is 0.326. The van der Waals surface area contributed by atoms with Gasteiger partial charge in [0.05, 0.1) is 32.1 Å². The van der Waals surface area contributed by atoms with E-state index in [9.17, 15) is 53.4 Å². The second-order valence-corrected chi connectivity index (χ2v) is 16.1. The molecule has 0 radical (unpaired) electrons. The van der Waals surface area contributed by atoms with Crippen LogP contribution in [0.15, 0.2) is 91.3 Å². The minimum absolute atomic E-state index is 0.0413. The number of carboxylic acids is 2. The highest BCUT2D eigenvalue weighted by molar-refractivity contribution is 5.98. The molecule has 5 aromatic rings. The number of nitrogens with two attached hydrogens (primary N) is 1. The van der Waals surface area contributed by atoms with Crippen molar-refractivity contribution in [3.05, 3.63) is 108 Å². The van der Waals surface area contributed by atoms with E-state index in [0.717, 1.165) is 32.3 Å². The first-order valence-electron chi connectivity index (χ1n) is 21.5. The van der Waals surface area contributed by atoms with E-state index in [1.807, 2.05) is 30.3 Å². The lowest BCUT2D eigenvalue weighted by Crippen LogP contribution is -2.59. The topological polar surface area (TPSA) is 327 Å². The number of H-pyrrole nitrogens is 2. The number of carbonyl (C=O) groups is 9. The van der Waals surface area contributed by atoms with E-state index in [2.05, 4.69) is 41.9 Å². The number of likely N-dealkylation sites (tertiary alicyclic amines) is 1. The Morgan fingerprint density at radius 3 is 1.73 bits per heavy atom. The zero-order valence-corrected chi connectivity index (χ0v) is 36.2. The van der Waals surface area contributed by atoms with Crippen molar-refractivity contribution in [2.24, 2.45) is 5.73 Å².